The number of hydrogen-bond donors (Lipinski definition) is 0. The van der Waals surface area contributed by atoms with Crippen molar-refractivity contribution in [3.63, 3.8) is 0 Å². The number of aryl methyl sites for hydroxylation is 2. The van der Waals surface area contributed by atoms with Crippen LogP contribution in [-0.2, 0) is 13.7 Å². The lowest BCUT2D eigenvalue weighted by Crippen LogP contribution is -2.16. The first-order valence-corrected chi connectivity index (χ1v) is 8.80. The van der Waals surface area contributed by atoms with Gasteiger partial charge >= 0.3 is 0 Å². The van der Waals surface area contributed by atoms with E-state index in [-0.39, 0.29) is 12.2 Å². The third kappa shape index (κ3) is 2.66. The number of furan rings is 1. The van der Waals surface area contributed by atoms with Crippen LogP contribution in [0.15, 0.2) is 51.7 Å². The minimum absolute atomic E-state index is 0.169. The van der Waals surface area contributed by atoms with Gasteiger partial charge in [0.2, 0.25) is 0 Å². The minimum atomic E-state index is -0.169. The van der Waals surface area contributed by atoms with Crippen LogP contribution in [0, 0.1) is 6.92 Å². The van der Waals surface area contributed by atoms with Gasteiger partial charge in [0, 0.05) is 28.4 Å². The maximum Gasteiger partial charge on any atom is 0.294 e. The van der Waals surface area contributed by atoms with E-state index in [4.69, 9.17) is 32.4 Å². The number of rotatable bonds is 3. The first-order valence-electron chi connectivity index (χ1n) is 8.05. The molecular weight excluding hydrogens is 373 g/mol. The molecule has 0 unspecified atom stereocenters. The average Bonchev–Trinajstić information content (AvgIpc) is 2.96. The van der Waals surface area contributed by atoms with Crippen LogP contribution in [0.1, 0.15) is 11.3 Å². The van der Waals surface area contributed by atoms with Crippen LogP contribution in [0.25, 0.3) is 21.9 Å². The number of aromatic nitrogens is 1. The van der Waals surface area contributed by atoms with Crippen molar-refractivity contribution in [2.75, 3.05) is 0 Å². The Bertz CT molecular complexity index is 1210. The number of hydrogen-bond acceptors (Lipinski definition) is 3. The van der Waals surface area contributed by atoms with Gasteiger partial charge in [-0.3, -0.25) is 4.79 Å². The van der Waals surface area contributed by atoms with Gasteiger partial charge < -0.3 is 13.7 Å². The van der Waals surface area contributed by atoms with E-state index < -0.39 is 0 Å². The summed E-state index contributed by atoms with van der Waals surface area (Å²) in [5.74, 6) is 1.18. The molecule has 0 saturated carbocycles. The standard InChI is InChI=1S/C20H15Cl2NO3/c1-11-14(10-25-17-8-7-12(21)9-15(17)22)18-13-5-3-4-6-16(13)23(2)20(24)19(18)26-11/h3-9H,10H2,1-2H3. The third-order valence-corrected chi connectivity index (χ3v) is 5.04. The summed E-state index contributed by atoms with van der Waals surface area (Å²) in [4.78, 5) is 12.7. The van der Waals surface area contributed by atoms with E-state index in [9.17, 15) is 4.79 Å². The van der Waals surface area contributed by atoms with Crippen molar-refractivity contribution in [2.24, 2.45) is 7.05 Å². The molecule has 0 N–H and O–H groups in total. The summed E-state index contributed by atoms with van der Waals surface area (Å²) in [5, 5.41) is 2.71. The van der Waals surface area contributed by atoms with Gasteiger partial charge in [-0.15, -0.1) is 0 Å². The summed E-state index contributed by atoms with van der Waals surface area (Å²) >= 11 is 12.1. The highest BCUT2D eigenvalue weighted by Crippen LogP contribution is 2.33. The summed E-state index contributed by atoms with van der Waals surface area (Å²) < 4.78 is 13.3. The number of halogens is 2. The van der Waals surface area contributed by atoms with E-state index >= 15 is 0 Å². The van der Waals surface area contributed by atoms with Crippen LogP contribution in [0.4, 0.5) is 0 Å². The maximum absolute atomic E-state index is 12.7. The third-order valence-electron chi connectivity index (χ3n) is 4.51. The Morgan fingerprint density at radius 1 is 1.15 bits per heavy atom. The zero-order valence-electron chi connectivity index (χ0n) is 14.2. The van der Waals surface area contributed by atoms with E-state index in [0.717, 1.165) is 21.9 Å². The average molecular weight is 388 g/mol. The normalized spacial score (nSPS) is 11.4. The maximum atomic E-state index is 12.7. The van der Waals surface area contributed by atoms with Crippen molar-refractivity contribution in [1.82, 2.24) is 4.57 Å². The Hall–Kier alpha value is -2.43. The molecule has 0 aliphatic heterocycles. The Morgan fingerprint density at radius 3 is 2.69 bits per heavy atom. The Balaban J connectivity index is 1.87. The molecule has 0 bridgehead atoms. The molecule has 0 saturated heterocycles. The van der Waals surface area contributed by atoms with Crippen molar-refractivity contribution in [3.8, 4) is 5.75 Å². The largest absolute Gasteiger partial charge is 0.487 e. The Morgan fingerprint density at radius 2 is 1.92 bits per heavy atom. The van der Waals surface area contributed by atoms with Crippen molar-refractivity contribution >= 4 is 45.1 Å². The van der Waals surface area contributed by atoms with Crippen LogP contribution < -0.4 is 10.3 Å². The van der Waals surface area contributed by atoms with Crippen LogP contribution in [0.2, 0.25) is 10.0 Å². The molecule has 0 amide bonds. The molecule has 2 heterocycles. The van der Waals surface area contributed by atoms with Gasteiger partial charge in [-0.25, -0.2) is 0 Å². The molecule has 2 aromatic carbocycles. The number of ether oxygens (including phenoxy) is 1. The summed E-state index contributed by atoms with van der Waals surface area (Å²) in [6.45, 7) is 2.06. The monoisotopic (exact) mass is 387 g/mol. The smallest absolute Gasteiger partial charge is 0.294 e. The summed E-state index contributed by atoms with van der Waals surface area (Å²) in [6, 6.07) is 12.8. The summed E-state index contributed by atoms with van der Waals surface area (Å²) in [7, 11) is 1.74. The second-order valence-electron chi connectivity index (χ2n) is 6.09. The summed E-state index contributed by atoms with van der Waals surface area (Å²) in [5.41, 5.74) is 1.85. The lowest BCUT2D eigenvalue weighted by Gasteiger charge is -2.10. The van der Waals surface area contributed by atoms with Crippen molar-refractivity contribution in [3.05, 3.63) is 74.2 Å². The fourth-order valence-corrected chi connectivity index (χ4v) is 3.63. The van der Waals surface area contributed by atoms with Crippen LogP contribution in [0.5, 0.6) is 5.75 Å². The fraction of sp³-hybridized carbons (Fsp3) is 0.150. The minimum Gasteiger partial charge on any atom is -0.487 e. The second kappa shape index (κ2) is 6.38. The van der Waals surface area contributed by atoms with Gasteiger partial charge in [-0.1, -0.05) is 41.4 Å². The predicted molar refractivity (Wildman–Crippen MR) is 104 cm³/mol. The van der Waals surface area contributed by atoms with Gasteiger partial charge in [0.05, 0.1) is 10.5 Å². The molecule has 0 atom stereocenters. The predicted octanol–water partition coefficient (Wildman–Crippen LogP) is 5.48. The summed E-state index contributed by atoms with van der Waals surface area (Å²) in [6.07, 6.45) is 0. The molecule has 2 aromatic heterocycles. The lowest BCUT2D eigenvalue weighted by molar-refractivity contribution is 0.304. The van der Waals surface area contributed by atoms with Crippen LogP contribution in [0.3, 0.4) is 0 Å². The molecular formula is C20H15Cl2NO3. The lowest BCUT2D eigenvalue weighted by atomic mass is 10.1. The van der Waals surface area contributed by atoms with Gasteiger partial charge in [0.25, 0.3) is 5.56 Å². The molecule has 26 heavy (non-hydrogen) atoms. The van der Waals surface area contributed by atoms with Crippen molar-refractivity contribution in [2.45, 2.75) is 13.5 Å². The van der Waals surface area contributed by atoms with E-state index in [0.29, 0.717) is 27.1 Å². The Labute approximate surface area is 159 Å². The van der Waals surface area contributed by atoms with Crippen LogP contribution in [-0.4, -0.2) is 4.57 Å². The highest BCUT2D eigenvalue weighted by molar-refractivity contribution is 6.35. The second-order valence-corrected chi connectivity index (χ2v) is 6.93. The van der Waals surface area contributed by atoms with Gasteiger partial charge in [-0.2, -0.15) is 0 Å². The SMILES string of the molecule is Cc1oc2c(=O)n(C)c3ccccc3c2c1COc1ccc(Cl)cc1Cl. The van der Waals surface area contributed by atoms with E-state index in [1.165, 1.54) is 0 Å². The molecule has 4 nitrogen and oxygen atoms in total. The number of benzene rings is 2. The molecule has 0 fully saturated rings. The van der Waals surface area contributed by atoms with E-state index in [1.807, 2.05) is 31.2 Å². The van der Waals surface area contributed by atoms with Crippen molar-refractivity contribution in [1.29, 1.82) is 0 Å². The molecule has 132 valence electrons. The zero-order valence-corrected chi connectivity index (χ0v) is 15.7. The number of nitrogens with zero attached hydrogens (tertiary/aromatic N) is 1. The first kappa shape index (κ1) is 17.0. The fourth-order valence-electron chi connectivity index (χ4n) is 3.17. The first-order chi connectivity index (χ1) is 12.5. The van der Waals surface area contributed by atoms with Gasteiger partial charge in [0.1, 0.15) is 18.1 Å². The van der Waals surface area contributed by atoms with Gasteiger partial charge in [-0.05, 0) is 31.2 Å². The number of fused-ring (bicyclic) bond motifs is 3. The molecule has 4 aromatic rings. The molecule has 0 aliphatic carbocycles. The van der Waals surface area contributed by atoms with E-state index in [1.54, 1.807) is 29.8 Å². The quantitative estimate of drug-likeness (QED) is 0.467. The highest BCUT2D eigenvalue weighted by Gasteiger charge is 2.19. The number of para-hydroxylation sites is 1. The zero-order chi connectivity index (χ0) is 18.4. The van der Waals surface area contributed by atoms with Gasteiger partial charge in [0.15, 0.2) is 5.58 Å². The van der Waals surface area contributed by atoms with E-state index in [2.05, 4.69) is 0 Å². The van der Waals surface area contributed by atoms with Crippen LogP contribution >= 0.6 is 23.2 Å². The molecule has 0 aliphatic rings. The molecule has 0 radical (unpaired) electrons. The topological polar surface area (TPSA) is 44.4 Å². The molecule has 4 rings (SSSR count). The molecule has 0 spiro atoms. The highest BCUT2D eigenvalue weighted by atomic mass is 35.5. The van der Waals surface area contributed by atoms with Crippen molar-refractivity contribution < 1.29 is 9.15 Å². The Kier molecular flexibility index (Phi) is 4.17. The molecule has 6 heteroatoms. The number of pyridine rings is 1.